The molecule has 0 fully saturated rings. The van der Waals surface area contributed by atoms with Crippen LogP contribution in [0.2, 0.25) is 0 Å². The van der Waals surface area contributed by atoms with Gasteiger partial charge in [-0.25, -0.2) is 9.67 Å². The first-order valence-electron chi connectivity index (χ1n) is 8.50. The molecule has 122 valence electrons. The summed E-state index contributed by atoms with van der Waals surface area (Å²) in [6.07, 6.45) is 11.5. The summed E-state index contributed by atoms with van der Waals surface area (Å²) in [5.74, 6) is 7.31. The quantitative estimate of drug-likeness (QED) is 0.353. The second kappa shape index (κ2) is 10.7. The van der Waals surface area contributed by atoms with Crippen molar-refractivity contribution >= 4 is 0 Å². The number of nitrogens with one attached hydrogen (secondary N) is 1. The Morgan fingerprint density at radius 2 is 1.90 bits per heavy atom. The molecule has 0 aliphatic rings. The third kappa shape index (κ3) is 7.58. The number of hydrazine groups is 1. The fourth-order valence-corrected chi connectivity index (χ4v) is 2.58. The zero-order valence-electron chi connectivity index (χ0n) is 14.0. The Labute approximate surface area is 129 Å². The van der Waals surface area contributed by atoms with Gasteiger partial charge in [0.1, 0.15) is 12.2 Å². The Kier molecular flexibility index (Phi) is 9.26. The molecule has 0 saturated carbocycles. The molecule has 0 saturated heterocycles. The van der Waals surface area contributed by atoms with E-state index in [1.165, 1.54) is 38.5 Å². The van der Waals surface area contributed by atoms with Crippen LogP contribution in [0.25, 0.3) is 0 Å². The molecule has 0 spiro atoms. The predicted molar refractivity (Wildman–Crippen MR) is 87.7 cm³/mol. The van der Waals surface area contributed by atoms with Gasteiger partial charge >= 0.3 is 0 Å². The van der Waals surface area contributed by atoms with Crippen LogP contribution >= 0.6 is 0 Å². The summed E-state index contributed by atoms with van der Waals surface area (Å²) in [4.78, 5) is 4.38. The minimum atomic E-state index is 0.297. The number of rotatable bonds is 12. The molecule has 3 N–H and O–H groups in total. The van der Waals surface area contributed by atoms with Gasteiger partial charge in [-0.1, -0.05) is 59.3 Å². The van der Waals surface area contributed by atoms with Gasteiger partial charge in [0.25, 0.3) is 0 Å². The maximum absolute atomic E-state index is 5.70. The molecule has 1 heterocycles. The third-order valence-electron chi connectivity index (χ3n) is 3.80. The van der Waals surface area contributed by atoms with E-state index in [-0.39, 0.29) is 0 Å². The summed E-state index contributed by atoms with van der Waals surface area (Å²) in [6, 6.07) is 0.297. The molecule has 0 aliphatic carbocycles. The standard InChI is InChI=1S/C16H33N5/c1-4-5-6-7-8-9-10-15(20-17)11-16-18-13-19-21(16)12-14(2)3/h13-15,20H,4-12,17H2,1-3H3. The van der Waals surface area contributed by atoms with Crippen LogP contribution in [-0.4, -0.2) is 20.8 Å². The Bertz CT molecular complexity index is 361. The second-order valence-electron chi connectivity index (χ2n) is 6.38. The molecule has 1 atom stereocenters. The highest BCUT2D eigenvalue weighted by Gasteiger charge is 2.13. The Morgan fingerprint density at radius 1 is 1.19 bits per heavy atom. The van der Waals surface area contributed by atoms with E-state index in [4.69, 9.17) is 5.84 Å². The molecule has 5 heteroatoms. The van der Waals surface area contributed by atoms with E-state index in [0.717, 1.165) is 25.2 Å². The Morgan fingerprint density at radius 3 is 2.57 bits per heavy atom. The zero-order chi connectivity index (χ0) is 15.5. The molecular weight excluding hydrogens is 262 g/mol. The van der Waals surface area contributed by atoms with Crippen LogP contribution in [0.1, 0.15) is 71.5 Å². The first kappa shape index (κ1) is 18.1. The lowest BCUT2D eigenvalue weighted by Crippen LogP contribution is -2.37. The minimum absolute atomic E-state index is 0.297. The molecule has 1 unspecified atom stereocenters. The van der Waals surface area contributed by atoms with Crippen molar-refractivity contribution < 1.29 is 0 Å². The zero-order valence-corrected chi connectivity index (χ0v) is 14.0. The fourth-order valence-electron chi connectivity index (χ4n) is 2.58. The SMILES string of the molecule is CCCCCCCCC(Cc1ncnn1CC(C)C)NN. The summed E-state index contributed by atoms with van der Waals surface area (Å²) in [5.41, 5.74) is 2.94. The van der Waals surface area contributed by atoms with E-state index in [9.17, 15) is 0 Å². The van der Waals surface area contributed by atoms with Crippen molar-refractivity contribution in [1.29, 1.82) is 0 Å². The number of nitrogens with two attached hydrogens (primary N) is 1. The summed E-state index contributed by atoms with van der Waals surface area (Å²) in [7, 11) is 0. The molecule has 1 rings (SSSR count). The van der Waals surface area contributed by atoms with Gasteiger partial charge in [0.15, 0.2) is 0 Å². The Balaban J connectivity index is 2.31. The molecule has 0 bridgehead atoms. The summed E-state index contributed by atoms with van der Waals surface area (Å²) in [5, 5.41) is 4.31. The first-order chi connectivity index (χ1) is 10.2. The van der Waals surface area contributed by atoms with Crippen molar-refractivity contribution in [2.45, 2.75) is 84.7 Å². The normalized spacial score (nSPS) is 13.0. The lowest BCUT2D eigenvalue weighted by Gasteiger charge is -2.16. The van der Waals surface area contributed by atoms with Crippen molar-refractivity contribution in [2.24, 2.45) is 11.8 Å². The van der Waals surface area contributed by atoms with E-state index in [1.807, 2.05) is 4.68 Å². The number of aromatic nitrogens is 3. The Hall–Kier alpha value is -0.940. The second-order valence-corrected chi connectivity index (χ2v) is 6.38. The van der Waals surface area contributed by atoms with Crippen molar-refractivity contribution in [3.63, 3.8) is 0 Å². The van der Waals surface area contributed by atoms with Gasteiger partial charge in [0.2, 0.25) is 0 Å². The van der Waals surface area contributed by atoms with Crippen LogP contribution in [0.3, 0.4) is 0 Å². The molecular formula is C16H33N5. The van der Waals surface area contributed by atoms with Crippen LogP contribution < -0.4 is 11.3 Å². The molecule has 0 amide bonds. The minimum Gasteiger partial charge on any atom is -0.271 e. The van der Waals surface area contributed by atoms with Gasteiger partial charge in [-0.3, -0.25) is 11.3 Å². The van der Waals surface area contributed by atoms with E-state index in [0.29, 0.717) is 12.0 Å². The average molecular weight is 295 g/mol. The summed E-state index contributed by atoms with van der Waals surface area (Å²) in [6.45, 7) is 7.56. The molecule has 5 nitrogen and oxygen atoms in total. The van der Waals surface area contributed by atoms with Crippen molar-refractivity contribution in [1.82, 2.24) is 20.2 Å². The third-order valence-corrected chi connectivity index (χ3v) is 3.80. The monoisotopic (exact) mass is 295 g/mol. The highest BCUT2D eigenvalue weighted by molar-refractivity contribution is 4.89. The van der Waals surface area contributed by atoms with Crippen molar-refractivity contribution in [3.05, 3.63) is 12.2 Å². The van der Waals surface area contributed by atoms with Crippen LogP contribution in [0, 0.1) is 5.92 Å². The predicted octanol–water partition coefficient (Wildman–Crippen LogP) is 3.06. The van der Waals surface area contributed by atoms with Crippen LogP contribution in [0.5, 0.6) is 0 Å². The van der Waals surface area contributed by atoms with Crippen molar-refractivity contribution in [2.75, 3.05) is 0 Å². The number of nitrogens with zero attached hydrogens (tertiary/aromatic N) is 3. The van der Waals surface area contributed by atoms with E-state index in [2.05, 4.69) is 36.3 Å². The van der Waals surface area contributed by atoms with Gasteiger partial charge in [0.05, 0.1) is 0 Å². The van der Waals surface area contributed by atoms with Gasteiger partial charge in [0, 0.05) is 19.0 Å². The molecule has 1 aromatic rings. The lowest BCUT2D eigenvalue weighted by molar-refractivity contribution is 0.421. The molecule has 21 heavy (non-hydrogen) atoms. The molecule has 1 aromatic heterocycles. The van der Waals surface area contributed by atoms with Gasteiger partial charge in [-0.15, -0.1) is 0 Å². The highest BCUT2D eigenvalue weighted by atomic mass is 15.3. The molecule has 0 aromatic carbocycles. The van der Waals surface area contributed by atoms with Crippen LogP contribution in [0.4, 0.5) is 0 Å². The summed E-state index contributed by atoms with van der Waals surface area (Å²) < 4.78 is 2.01. The maximum Gasteiger partial charge on any atom is 0.138 e. The highest BCUT2D eigenvalue weighted by Crippen LogP contribution is 2.11. The van der Waals surface area contributed by atoms with E-state index < -0.39 is 0 Å². The number of hydrogen-bond donors (Lipinski definition) is 2. The molecule has 0 radical (unpaired) electrons. The van der Waals surface area contributed by atoms with Crippen molar-refractivity contribution in [3.8, 4) is 0 Å². The van der Waals surface area contributed by atoms with Crippen LogP contribution in [-0.2, 0) is 13.0 Å². The number of unbranched alkanes of at least 4 members (excludes halogenated alkanes) is 5. The molecule has 0 aliphatic heterocycles. The smallest absolute Gasteiger partial charge is 0.138 e. The van der Waals surface area contributed by atoms with Crippen LogP contribution in [0.15, 0.2) is 6.33 Å². The summed E-state index contributed by atoms with van der Waals surface area (Å²) >= 11 is 0. The van der Waals surface area contributed by atoms with Gasteiger partial charge in [-0.2, -0.15) is 5.10 Å². The van der Waals surface area contributed by atoms with E-state index >= 15 is 0 Å². The lowest BCUT2D eigenvalue weighted by atomic mass is 10.0. The fraction of sp³-hybridized carbons (Fsp3) is 0.875. The van der Waals surface area contributed by atoms with Gasteiger partial charge in [-0.05, 0) is 12.3 Å². The van der Waals surface area contributed by atoms with Gasteiger partial charge < -0.3 is 0 Å². The number of hydrogen-bond acceptors (Lipinski definition) is 4. The first-order valence-corrected chi connectivity index (χ1v) is 8.50. The largest absolute Gasteiger partial charge is 0.271 e. The maximum atomic E-state index is 5.70. The average Bonchev–Trinajstić information content (AvgIpc) is 2.87. The topological polar surface area (TPSA) is 68.8 Å². The van der Waals surface area contributed by atoms with E-state index in [1.54, 1.807) is 6.33 Å².